The average molecular weight is 486 g/mol. The number of halogens is 3. The zero-order valence-corrected chi connectivity index (χ0v) is 20.2. The van der Waals surface area contributed by atoms with E-state index in [0.717, 1.165) is 6.07 Å². The zero-order chi connectivity index (χ0) is 25.5. The number of alkyl halides is 3. The lowest BCUT2D eigenvalue weighted by atomic mass is 10.1. The first-order chi connectivity index (χ1) is 15.8. The number of carbonyl (C=O) groups is 3. The molecule has 190 valence electrons. The van der Waals surface area contributed by atoms with Gasteiger partial charge in [-0.25, -0.2) is 0 Å². The second kappa shape index (κ2) is 11.7. The van der Waals surface area contributed by atoms with Crippen molar-refractivity contribution in [1.29, 1.82) is 0 Å². The Bertz CT molecular complexity index is 862. The van der Waals surface area contributed by atoms with Crippen LogP contribution in [0.1, 0.15) is 33.3 Å². The van der Waals surface area contributed by atoms with Crippen molar-refractivity contribution in [2.24, 2.45) is 0 Å². The van der Waals surface area contributed by atoms with Crippen molar-refractivity contribution in [3.63, 3.8) is 0 Å². The normalized spacial score (nSPS) is 15.4. The number of para-hydroxylation sites is 1. The van der Waals surface area contributed by atoms with Crippen LogP contribution in [0, 0.1) is 0 Å². The summed E-state index contributed by atoms with van der Waals surface area (Å²) >= 11 is 0. The van der Waals surface area contributed by atoms with Gasteiger partial charge in [0.15, 0.2) is 0 Å². The van der Waals surface area contributed by atoms with E-state index in [1.54, 1.807) is 16.7 Å². The molecule has 0 bridgehead atoms. The second-order valence-electron chi connectivity index (χ2n) is 9.35. The van der Waals surface area contributed by atoms with E-state index in [1.807, 2.05) is 25.7 Å². The number of likely N-dealkylation sites (N-methyl/N-ethyl adjacent to an activating group) is 1. The van der Waals surface area contributed by atoms with Crippen molar-refractivity contribution in [2.45, 2.75) is 39.4 Å². The molecule has 0 radical (unpaired) electrons. The van der Waals surface area contributed by atoms with Gasteiger partial charge < -0.3 is 15.5 Å². The molecule has 1 fully saturated rings. The molecule has 2 N–H and O–H groups in total. The van der Waals surface area contributed by atoms with Gasteiger partial charge in [0.1, 0.15) is 0 Å². The fourth-order valence-electron chi connectivity index (χ4n) is 3.62. The lowest BCUT2D eigenvalue weighted by molar-refractivity contribution is -0.137. The van der Waals surface area contributed by atoms with Gasteiger partial charge in [-0.3, -0.25) is 24.2 Å². The summed E-state index contributed by atoms with van der Waals surface area (Å²) in [4.78, 5) is 42.4. The van der Waals surface area contributed by atoms with Crippen LogP contribution in [0.25, 0.3) is 0 Å². The minimum Gasteiger partial charge on any atom is -0.350 e. The third kappa shape index (κ3) is 8.94. The smallest absolute Gasteiger partial charge is 0.350 e. The highest BCUT2D eigenvalue weighted by atomic mass is 19.4. The van der Waals surface area contributed by atoms with Gasteiger partial charge in [-0.05, 0) is 39.4 Å². The largest absolute Gasteiger partial charge is 0.418 e. The summed E-state index contributed by atoms with van der Waals surface area (Å²) in [6.45, 7) is 9.98. The number of hydrogen-bond acceptors (Lipinski definition) is 5. The van der Waals surface area contributed by atoms with Crippen LogP contribution >= 0.6 is 0 Å². The van der Waals surface area contributed by atoms with Crippen molar-refractivity contribution in [3.05, 3.63) is 29.8 Å². The van der Waals surface area contributed by atoms with E-state index >= 15 is 0 Å². The number of piperazine rings is 1. The molecule has 11 heteroatoms. The SMILES string of the molecule is CCN(CC(=O)Nc1ccccc1C(F)(F)F)CC(=O)N1CCN(CC(=O)NC(C)(C)C)CC1. The Morgan fingerprint density at radius 2 is 1.59 bits per heavy atom. The van der Waals surface area contributed by atoms with E-state index in [2.05, 4.69) is 10.6 Å². The zero-order valence-electron chi connectivity index (χ0n) is 20.2. The van der Waals surface area contributed by atoms with Crippen molar-refractivity contribution in [3.8, 4) is 0 Å². The number of amides is 3. The molecule has 0 unspecified atom stereocenters. The number of nitrogens with zero attached hydrogens (tertiary/aromatic N) is 3. The first-order valence-corrected chi connectivity index (χ1v) is 11.3. The maximum atomic E-state index is 13.1. The fraction of sp³-hybridized carbons (Fsp3) is 0.609. The Balaban J connectivity index is 1.83. The molecule has 1 heterocycles. The number of benzene rings is 1. The van der Waals surface area contributed by atoms with Crippen molar-refractivity contribution in [2.75, 3.05) is 57.7 Å². The van der Waals surface area contributed by atoms with E-state index in [-0.39, 0.29) is 42.7 Å². The summed E-state index contributed by atoms with van der Waals surface area (Å²) in [5.41, 5.74) is -1.54. The Hall–Kier alpha value is -2.66. The van der Waals surface area contributed by atoms with Gasteiger partial charge >= 0.3 is 6.18 Å². The molecule has 1 aromatic rings. The summed E-state index contributed by atoms with van der Waals surface area (Å²) in [6.07, 6.45) is -4.58. The van der Waals surface area contributed by atoms with E-state index in [4.69, 9.17) is 0 Å². The predicted molar refractivity (Wildman–Crippen MR) is 123 cm³/mol. The highest BCUT2D eigenvalue weighted by Gasteiger charge is 2.33. The van der Waals surface area contributed by atoms with Gasteiger partial charge in [0.05, 0.1) is 30.9 Å². The van der Waals surface area contributed by atoms with Gasteiger partial charge in [0.2, 0.25) is 17.7 Å². The number of nitrogens with one attached hydrogen (secondary N) is 2. The predicted octanol–water partition coefficient (Wildman–Crippen LogP) is 2.02. The Morgan fingerprint density at radius 3 is 2.15 bits per heavy atom. The highest BCUT2D eigenvalue weighted by Crippen LogP contribution is 2.34. The van der Waals surface area contributed by atoms with Crippen LogP contribution in [-0.4, -0.2) is 90.3 Å². The fourth-order valence-corrected chi connectivity index (χ4v) is 3.62. The quantitative estimate of drug-likeness (QED) is 0.589. The second-order valence-corrected chi connectivity index (χ2v) is 9.35. The van der Waals surface area contributed by atoms with Crippen LogP contribution in [0.5, 0.6) is 0 Å². The topological polar surface area (TPSA) is 85.0 Å². The molecule has 0 saturated carbocycles. The molecular weight excluding hydrogens is 451 g/mol. The molecule has 8 nitrogen and oxygen atoms in total. The lowest BCUT2D eigenvalue weighted by Crippen LogP contribution is -2.54. The third-order valence-corrected chi connectivity index (χ3v) is 5.29. The Labute approximate surface area is 198 Å². The summed E-state index contributed by atoms with van der Waals surface area (Å²) in [6, 6.07) is 4.77. The van der Waals surface area contributed by atoms with Crippen molar-refractivity contribution < 1.29 is 27.6 Å². The van der Waals surface area contributed by atoms with E-state index in [0.29, 0.717) is 32.7 Å². The van der Waals surface area contributed by atoms with Gasteiger partial charge in [-0.2, -0.15) is 13.2 Å². The summed E-state index contributed by atoms with van der Waals surface area (Å²) < 4.78 is 39.4. The van der Waals surface area contributed by atoms with Gasteiger partial charge in [-0.1, -0.05) is 19.1 Å². The van der Waals surface area contributed by atoms with Crippen LogP contribution in [-0.2, 0) is 20.6 Å². The van der Waals surface area contributed by atoms with Gasteiger partial charge in [0, 0.05) is 31.7 Å². The van der Waals surface area contributed by atoms with Gasteiger partial charge in [-0.15, -0.1) is 0 Å². The highest BCUT2D eigenvalue weighted by molar-refractivity contribution is 5.93. The molecule has 0 atom stereocenters. The third-order valence-electron chi connectivity index (χ3n) is 5.29. The molecule has 1 aromatic carbocycles. The standard InChI is InChI=1S/C23H34F3N5O3/c1-5-29(14-19(32)27-18-9-7-6-8-17(18)23(24,25)26)16-21(34)31-12-10-30(11-13-31)15-20(33)28-22(2,3)4/h6-9H,5,10-16H2,1-4H3,(H,27,32)(H,28,33). The van der Waals surface area contributed by atoms with Crippen LogP contribution in [0.15, 0.2) is 24.3 Å². The van der Waals surface area contributed by atoms with Crippen LogP contribution in [0.3, 0.4) is 0 Å². The number of rotatable bonds is 8. The first-order valence-electron chi connectivity index (χ1n) is 11.3. The lowest BCUT2D eigenvalue weighted by Gasteiger charge is -2.35. The minimum atomic E-state index is -4.58. The molecule has 1 saturated heterocycles. The summed E-state index contributed by atoms with van der Waals surface area (Å²) in [5.74, 6) is -0.854. The number of hydrogen-bond donors (Lipinski definition) is 2. The van der Waals surface area contributed by atoms with Gasteiger partial charge in [0.25, 0.3) is 0 Å². The molecule has 1 aliphatic rings. The first kappa shape index (κ1) is 27.6. The molecule has 0 aromatic heterocycles. The van der Waals surface area contributed by atoms with Crippen LogP contribution in [0.2, 0.25) is 0 Å². The summed E-state index contributed by atoms with van der Waals surface area (Å²) in [5, 5.41) is 5.22. The van der Waals surface area contributed by atoms with E-state index < -0.39 is 17.6 Å². The van der Waals surface area contributed by atoms with Crippen molar-refractivity contribution >= 4 is 23.4 Å². The summed E-state index contributed by atoms with van der Waals surface area (Å²) in [7, 11) is 0. The van der Waals surface area contributed by atoms with E-state index in [1.165, 1.54) is 18.2 Å². The molecule has 34 heavy (non-hydrogen) atoms. The van der Waals surface area contributed by atoms with Crippen LogP contribution in [0.4, 0.5) is 18.9 Å². The maximum Gasteiger partial charge on any atom is 0.418 e. The van der Waals surface area contributed by atoms with Crippen molar-refractivity contribution in [1.82, 2.24) is 20.0 Å². The molecule has 0 spiro atoms. The number of anilines is 1. The maximum absolute atomic E-state index is 13.1. The molecule has 1 aliphatic heterocycles. The molecule has 0 aliphatic carbocycles. The number of carbonyl (C=O) groups excluding carboxylic acids is 3. The molecule has 2 rings (SSSR count). The van der Waals surface area contributed by atoms with E-state index in [9.17, 15) is 27.6 Å². The van der Waals surface area contributed by atoms with Crippen LogP contribution < -0.4 is 10.6 Å². The molecule has 3 amide bonds. The Morgan fingerprint density at radius 1 is 0.971 bits per heavy atom. The minimum absolute atomic E-state index is 0.0185. The average Bonchev–Trinajstić information content (AvgIpc) is 2.71. The molecular formula is C23H34F3N5O3. The monoisotopic (exact) mass is 485 g/mol. The Kier molecular flexibility index (Phi) is 9.45.